The zero-order valence-electron chi connectivity index (χ0n) is 16.4. The van der Waals surface area contributed by atoms with Crippen LogP contribution in [0.2, 0.25) is 0 Å². The molecule has 1 heterocycles. The number of hydrogen-bond acceptors (Lipinski definition) is 5. The van der Waals surface area contributed by atoms with Crippen molar-refractivity contribution < 1.29 is 19.1 Å². The molecule has 0 bridgehead atoms. The molecule has 1 amide bonds. The average Bonchev–Trinajstić information content (AvgIpc) is 3.09. The Morgan fingerprint density at radius 3 is 2.54 bits per heavy atom. The summed E-state index contributed by atoms with van der Waals surface area (Å²) in [6.07, 6.45) is 4.66. The van der Waals surface area contributed by atoms with Gasteiger partial charge in [-0.3, -0.25) is 4.68 Å². The molecular formula is C21H27N3O4. The number of aromatic nitrogens is 2. The molecule has 1 aliphatic carbocycles. The van der Waals surface area contributed by atoms with Crippen molar-refractivity contribution in [2.45, 2.75) is 58.2 Å². The number of esters is 1. The van der Waals surface area contributed by atoms with Gasteiger partial charge in [-0.25, -0.2) is 9.59 Å². The molecule has 7 heteroatoms. The van der Waals surface area contributed by atoms with Gasteiger partial charge >= 0.3 is 12.1 Å². The number of carbonyl (C=O) groups is 2. The highest BCUT2D eigenvalue weighted by Gasteiger charge is 2.27. The zero-order valence-corrected chi connectivity index (χ0v) is 16.4. The third-order valence-corrected chi connectivity index (χ3v) is 5.12. The van der Waals surface area contributed by atoms with Gasteiger partial charge in [-0.2, -0.15) is 5.10 Å². The van der Waals surface area contributed by atoms with E-state index in [4.69, 9.17) is 9.47 Å². The SMILES string of the molecule is CCOC(=O)c1cnn([C@H]2CC[C@H](NC(=O)OCc3ccccc3)CC2)c1C. The standard InChI is InChI=1S/C21H27N3O4/c1-3-27-20(25)19-13-22-24(15(19)2)18-11-9-17(10-12-18)23-21(26)28-14-16-7-5-4-6-8-16/h4-8,13,17-18H,3,9-12,14H2,1-2H3,(H,23,26)/t17-,18-. The molecule has 1 N–H and O–H groups in total. The highest BCUT2D eigenvalue weighted by Crippen LogP contribution is 2.30. The number of alkyl carbamates (subject to hydrolysis) is 1. The second-order valence-corrected chi connectivity index (χ2v) is 7.02. The summed E-state index contributed by atoms with van der Waals surface area (Å²) in [5, 5.41) is 7.35. The molecule has 28 heavy (non-hydrogen) atoms. The van der Waals surface area contributed by atoms with Gasteiger partial charge in [0.15, 0.2) is 0 Å². The fourth-order valence-electron chi connectivity index (χ4n) is 3.60. The predicted molar refractivity (Wildman–Crippen MR) is 104 cm³/mol. The summed E-state index contributed by atoms with van der Waals surface area (Å²) in [5.41, 5.74) is 2.32. The van der Waals surface area contributed by atoms with Gasteiger partial charge in [0.1, 0.15) is 12.2 Å². The Balaban J connectivity index is 1.47. The van der Waals surface area contributed by atoms with Gasteiger partial charge in [0.2, 0.25) is 0 Å². The van der Waals surface area contributed by atoms with E-state index in [1.807, 2.05) is 41.9 Å². The van der Waals surface area contributed by atoms with Gasteiger partial charge < -0.3 is 14.8 Å². The molecule has 0 aliphatic heterocycles. The van der Waals surface area contributed by atoms with Crippen molar-refractivity contribution in [2.24, 2.45) is 0 Å². The molecule has 0 saturated heterocycles. The van der Waals surface area contributed by atoms with Gasteiger partial charge in [-0.15, -0.1) is 0 Å². The van der Waals surface area contributed by atoms with Crippen LogP contribution >= 0.6 is 0 Å². The fourth-order valence-corrected chi connectivity index (χ4v) is 3.60. The molecule has 7 nitrogen and oxygen atoms in total. The summed E-state index contributed by atoms with van der Waals surface area (Å²) in [5.74, 6) is -0.331. The molecule has 1 aliphatic rings. The van der Waals surface area contributed by atoms with Crippen LogP contribution < -0.4 is 5.32 Å². The van der Waals surface area contributed by atoms with Gasteiger partial charge in [0.05, 0.1) is 24.5 Å². The van der Waals surface area contributed by atoms with Gasteiger partial charge in [-0.05, 0) is 45.1 Å². The maximum Gasteiger partial charge on any atom is 0.407 e. The molecule has 0 spiro atoms. The lowest BCUT2D eigenvalue weighted by Gasteiger charge is -2.29. The molecule has 3 rings (SSSR count). The number of nitrogens with zero attached hydrogens (tertiary/aromatic N) is 2. The van der Waals surface area contributed by atoms with E-state index in [1.165, 1.54) is 0 Å². The monoisotopic (exact) mass is 385 g/mol. The summed E-state index contributed by atoms with van der Waals surface area (Å²) >= 11 is 0. The smallest absolute Gasteiger partial charge is 0.407 e. The van der Waals surface area contributed by atoms with Crippen LogP contribution in [-0.4, -0.2) is 34.5 Å². The molecule has 150 valence electrons. The van der Waals surface area contributed by atoms with Crippen LogP contribution in [0, 0.1) is 6.92 Å². The average molecular weight is 385 g/mol. The summed E-state index contributed by atoms with van der Waals surface area (Å²) in [7, 11) is 0. The van der Waals surface area contributed by atoms with Crippen LogP contribution in [0.3, 0.4) is 0 Å². The van der Waals surface area contributed by atoms with Gasteiger partial charge in [0.25, 0.3) is 0 Å². The Morgan fingerprint density at radius 1 is 1.14 bits per heavy atom. The Hall–Kier alpha value is -2.83. The Labute approximate surface area is 165 Å². The molecule has 0 radical (unpaired) electrons. The first-order valence-corrected chi connectivity index (χ1v) is 9.77. The first-order valence-electron chi connectivity index (χ1n) is 9.77. The number of rotatable bonds is 6. The minimum absolute atomic E-state index is 0.0971. The van der Waals surface area contributed by atoms with Crippen LogP contribution in [0.25, 0.3) is 0 Å². The normalized spacial score (nSPS) is 19.1. The van der Waals surface area contributed by atoms with Gasteiger partial charge in [0, 0.05) is 6.04 Å². The quantitative estimate of drug-likeness (QED) is 0.765. The number of carbonyl (C=O) groups excluding carboxylic acids is 2. The fraction of sp³-hybridized carbons (Fsp3) is 0.476. The number of amides is 1. The Morgan fingerprint density at radius 2 is 1.86 bits per heavy atom. The molecule has 1 aromatic heterocycles. The second kappa shape index (κ2) is 9.39. The summed E-state index contributed by atoms with van der Waals surface area (Å²) in [6, 6.07) is 9.94. The van der Waals surface area contributed by atoms with E-state index in [9.17, 15) is 9.59 Å². The maximum atomic E-state index is 12.0. The van der Waals surface area contributed by atoms with E-state index in [0.29, 0.717) is 12.2 Å². The van der Waals surface area contributed by atoms with Crippen molar-refractivity contribution in [3.63, 3.8) is 0 Å². The third-order valence-electron chi connectivity index (χ3n) is 5.12. The first kappa shape index (κ1) is 19.9. The highest BCUT2D eigenvalue weighted by molar-refractivity contribution is 5.90. The van der Waals surface area contributed by atoms with Crippen molar-refractivity contribution in [2.75, 3.05) is 6.61 Å². The summed E-state index contributed by atoms with van der Waals surface area (Å²) in [4.78, 5) is 24.0. The largest absolute Gasteiger partial charge is 0.462 e. The zero-order chi connectivity index (χ0) is 19.9. The van der Waals surface area contributed by atoms with Crippen molar-refractivity contribution in [1.29, 1.82) is 0 Å². The Kier molecular flexibility index (Phi) is 6.68. The van der Waals surface area contributed by atoms with E-state index < -0.39 is 0 Å². The molecule has 0 atom stereocenters. The highest BCUT2D eigenvalue weighted by atomic mass is 16.5. The number of ether oxygens (including phenoxy) is 2. The van der Waals surface area contributed by atoms with Gasteiger partial charge in [-0.1, -0.05) is 30.3 Å². The first-order chi connectivity index (χ1) is 13.6. The van der Waals surface area contributed by atoms with Crippen LogP contribution in [0.1, 0.15) is 60.3 Å². The topological polar surface area (TPSA) is 82.5 Å². The number of nitrogens with one attached hydrogen (secondary N) is 1. The predicted octanol–water partition coefficient (Wildman–Crippen LogP) is 3.78. The molecule has 1 saturated carbocycles. The van der Waals surface area contributed by atoms with Crippen molar-refractivity contribution in [1.82, 2.24) is 15.1 Å². The van der Waals surface area contributed by atoms with Crippen LogP contribution in [0.4, 0.5) is 4.79 Å². The lowest BCUT2D eigenvalue weighted by atomic mass is 9.91. The van der Waals surface area contributed by atoms with E-state index >= 15 is 0 Å². The summed E-state index contributed by atoms with van der Waals surface area (Å²) in [6.45, 7) is 4.30. The minimum atomic E-state index is -0.382. The second-order valence-electron chi connectivity index (χ2n) is 7.02. The van der Waals surface area contributed by atoms with Crippen LogP contribution in [0.15, 0.2) is 36.5 Å². The lowest BCUT2D eigenvalue weighted by molar-refractivity contribution is 0.0525. The maximum absolute atomic E-state index is 12.0. The van der Waals surface area contributed by atoms with E-state index in [-0.39, 0.29) is 30.8 Å². The molecular weight excluding hydrogens is 358 g/mol. The van der Waals surface area contributed by atoms with E-state index in [2.05, 4.69) is 10.4 Å². The summed E-state index contributed by atoms with van der Waals surface area (Å²) < 4.78 is 12.3. The van der Waals surface area contributed by atoms with E-state index in [0.717, 1.165) is 36.9 Å². The van der Waals surface area contributed by atoms with Crippen LogP contribution in [-0.2, 0) is 16.1 Å². The lowest BCUT2D eigenvalue weighted by Crippen LogP contribution is -2.38. The van der Waals surface area contributed by atoms with Crippen molar-refractivity contribution >= 4 is 12.1 Å². The Bertz CT molecular complexity index is 795. The molecule has 1 aromatic carbocycles. The minimum Gasteiger partial charge on any atom is -0.462 e. The molecule has 0 unspecified atom stereocenters. The molecule has 1 fully saturated rings. The van der Waals surface area contributed by atoms with Crippen molar-refractivity contribution in [3.8, 4) is 0 Å². The molecule has 2 aromatic rings. The van der Waals surface area contributed by atoms with E-state index in [1.54, 1.807) is 13.1 Å². The number of hydrogen-bond donors (Lipinski definition) is 1. The number of benzene rings is 1. The van der Waals surface area contributed by atoms with Crippen molar-refractivity contribution in [3.05, 3.63) is 53.3 Å². The third kappa shape index (κ3) is 4.91. The van der Waals surface area contributed by atoms with Crippen LogP contribution in [0.5, 0.6) is 0 Å².